The van der Waals surface area contributed by atoms with E-state index < -0.39 is 29.3 Å². The largest absolute Gasteiger partial charge is 0.419 e. The summed E-state index contributed by atoms with van der Waals surface area (Å²) in [4.78, 5) is 12.1. The summed E-state index contributed by atoms with van der Waals surface area (Å²) in [6.07, 6.45) is -4.39. The van der Waals surface area contributed by atoms with E-state index in [-0.39, 0.29) is 29.9 Å². The van der Waals surface area contributed by atoms with Crippen LogP contribution >= 0.6 is 0 Å². The van der Waals surface area contributed by atoms with Crippen LogP contribution in [-0.2, 0) is 12.6 Å². The van der Waals surface area contributed by atoms with Crippen LogP contribution in [0.3, 0.4) is 0 Å². The number of anilines is 1. The van der Waals surface area contributed by atoms with Gasteiger partial charge in [0.25, 0.3) is 5.91 Å². The van der Waals surface area contributed by atoms with E-state index in [0.717, 1.165) is 6.07 Å². The number of halogens is 5. The summed E-state index contributed by atoms with van der Waals surface area (Å²) in [5.74, 6) is -2.64. The van der Waals surface area contributed by atoms with Gasteiger partial charge in [0.15, 0.2) is 0 Å². The number of nitriles is 1. The highest BCUT2D eigenvalue weighted by Crippen LogP contribution is 2.31. The van der Waals surface area contributed by atoms with Gasteiger partial charge in [-0.05, 0) is 55.3 Å². The molecule has 0 saturated carbocycles. The molecule has 11 heteroatoms. The zero-order chi connectivity index (χ0) is 23.5. The summed E-state index contributed by atoms with van der Waals surface area (Å²) < 4.78 is 66.2. The molecule has 2 aromatic carbocycles. The number of benzene rings is 2. The van der Waals surface area contributed by atoms with Crippen molar-refractivity contribution >= 4 is 11.7 Å². The number of hydrogen-bond donors (Lipinski definition) is 2. The summed E-state index contributed by atoms with van der Waals surface area (Å²) in [5, 5.41) is 16.1. The Balaban J connectivity index is 1.65. The van der Waals surface area contributed by atoms with Gasteiger partial charge in [0.1, 0.15) is 29.1 Å². The topological polar surface area (TPSA) is 96.7 Å². The third-order valence-electron chi connectivity index (χ3n) is 4.59. The van der Waals surface area contributed by atoms with E-state index >= 15 is 0 Å². The Morgan fingerprint density at radius 1 is 1.16 bits per heavy atom. The van der Waals surface area contributed by atoms with Crippen molar-refractivity contribution in [3.05, 3.63) is 76.5 Å². The van der Waals surface area contributed by atoms with E-state index in [4.69, 9.17) is 5.73 Å². The molecule has 32 heavy (non-hydrogen) atoms. The molecule has 1 heterocycles. The van der Waals surface area contributed by atoms with Crippen molar-refractivity contribution in [2.24, 2.45) is 0 Å². The predicted octanol–water partition coefficient (Wildman–Crippen LogP) is 3.99. The van der Waals surface area contributed by atoms with Crippen LogP contribution in [0.1, 0.15) is 33.6 Å². The van der Waals surface area contributed by atoms with Gasteiger partial charge in [-0.2, -0.15) is 23.5 Å². The Morgan fingerprint density at radius 2 is 1.84 bits per heavy atom. The summed E-state index contributed by atoms with van der Waals surface area (Å²) in [6.45, 7) is 0.0613. The molecular weight excluding hydrogens is 433 g/mol. The number of carbonyl (C=O) groups is 1. The predicted molar refractivity (Wildman–Crippen MR) is 105 cm³/mol. The number of amides is 1. The molecule has 0 unspecified atom stereocenters. The van der Waals surface area contributed by atoms with Crippen LogP contribution in [-0.4, -0.2) is 22.2 Å². The van der Waals surface area contributed by atoms with Crippen molar-refractivity contribution in [1.29, 1.82) is 5.26 Å². The maximum Gasteiger partial charge on any atom is 0.419 e. The minimum Gasteiger partial charge on any atom is -0.382 e. The van der Waals surface area contributed by atoms with Gasteiger partial charge in [-0.1, -0.05) is 0 Å². The molecule has 0 aliphatic heterocycles. The maximum atomic E-state index is 13.4. The van der Waals surface area contributed by atoms with E-state index in [1.165, 1.54) is 28.9 Å². The molecule has 1 amide bonds. The first kappa shape index (κ1) is 22.7. The van der Waals surface area contributed by atoms with Crippen LogP contribution in [0.25, 0.3) is 5.69 Å². The maximum absolute atomic E-state index is 13.4. The minimum atomic E-state index is -4.92. The smallest absolute Gasteiger partial charge is 0.382 e. The highest BCUT2D eigenvalue weighted by atomic mass is 19.4. The minimum absolute atomic E-state index is 0.0613. The molecule has 0 aliphatic rings. The van der Waals surface area contributed by atoms with Gasteiger partial charge in [0.05, 0.1) is 16.9 Å². The van der Waals surface area contributed by atoms with E-state index in [2.05, 4.69) is 10.4 Å². The zero-order valence-corrected chi connectivity index (χ0v) is 16.4. The highest BCUT2D eigenvalue weighted by Gasteiger charge is 2.34. The molecule has 3 rings (SSSR count). The lowest BCUT2D eigenvalue weighted by Gasteiger charge is -2.10. The van der Waals surface area contributed by atoms with Gasteiger partial charge >= 0.3 is 6.18 Å². The number of aryl methyl sites for hydroxylation is 1. The fraction of sp³-hybridized carbons (Fsp3) is 0.190. The van der Waals surface area contributed by atoms with Crippen molar-refractivity contribution in [1.82, 2.24) is 15.1 Å². The summed E-state index contributed by atoms with van der Waals surface area (Å²) >= 11 is 0. The van der Waals surface area contributed by atoms with Gasteiger partial charge in [-0.25, -0.2) is 13.5 Å². The van der Waals surface area contributed by atoms with E-state index in [1.54, 1.807) is 0 Å². The lowest BCUT2D eigenvalue weighted by atomic mass is 10.1. The van der Waals surface area contributed by atoms with Crippen molar-refractivity contribution < 1.29 is 26.7 Å². The molecule has 0 aliphatic carbocycles. The molecule has 1 aromatic heterocycles. The Kier molecular flexibility index (Phi) is 6.43. The van der Waals surface area contributed by atoms with E-state index in [0.29, 0.717) is 29.9 Å². The fourth-order valence-corrected chi connectivity index (χ4v) is 3.00. The average Bonchev–Trinajstić information content (AvgIpc) is 3.06. The number of nitrogens with one attached hydrogen (secondary N) is 1. The number of carbonyl (C=O) groups excluding carboxylic acids is 1. The number of nitrogens with zero attached hydrogens (tertiary/aromatic N) is 3. The molecule has 0 bridgehead atoms. The molecule has 0 spiro atoms. The SMILES string of the molecule is N#Cc1c(CCCNC(=O)c2ccc(F)c(C(F)(F)F)c2)nn(-c2ccc(F)cc2)c1N. The van der Waals surface area contributed by atoms with Gasteiger partial charge in [0.2, 0.25) is 0 Å². The van der Waals surface area contributed by atoms with E-state index in [1.807, 2.05) is 6.07 Å². The second-order valence-corrected chi connectivity index (χ2v) is 6.76. The van der Waals surface area contributed by atoms with Crippen LogP contribution in [0.4, 0.5) is 27.8 Å². The zero-order valence-electron chi connectivity index (χ0n) is 16.4. The standard InChI is InChI=1S/C21H16F5N5O/c22-13-4-6-14(7-5-13)31-19(28)15(11-27)18(30-31)2-1-9-29-20(32)12-3-8-17(23)16(10-12)21(24,25)26/h3-8,10H,1-2,9,28H2,(H,29,32). The molecular formula is C21H16F5N5O. The van der Waals surface area contributed by atoms with Crippen LogP contribution in [0, 0.1) is 23.0 Å². The number of rotatable bonds is 6. The quantitative estimate of drug-likeness (QED) is 0.439. The van der Waals surface area contributed by atoms with Crippen LogP contribution in [0.5, 0.6) is 0 Å². The Labute approximate surface area is 179 Å². The number of hydrogen-bond acceptors (Lipinski definition) is 4. The van der Waals surface area contributed by atoms with Crippen LogP contribution in [0.2, 0.25) is 0 Å². The molecule has 0 atom stereocenters. The summed E-state index contributed by atoms with van der Waals surface area (Å²) in [6, 6.07) is 9.28. The van der Waals surface area contributed by atoms with Gasteiger partial charge in [-0.3, -0.25) is 4.79 Å². The monoisotopic (exact) mass is 449 g/mol. The molecule has 166 valence electrons. The Bertz CT molecular complexity index is 1180. The van der Waals surface area contributed by atoms with Crippen molar-refractivity contribution in [2.45, 2.75) is 19.0 Å². The molecule has 6 nitrogen and oxygen atoms in total. The summed E-state index contributed by atoms with van der Waals surface area (Å²) in [7, 11) is 0. The Morgan fingerprint density at radius 3 is 2.47 bits per heavy atom. The lowest BCUT2D eigenvalue weighted by Crippen LogP contribution is -2.25. The third-order valence-corrected chi connectivity index (χ3v) is 4.59. The Hall–Kier alpha value is -3.94. The van der Waals surface area contributed by atoms with Crippen LogP contribution < -0.4 is 11.1 Å². The van der Waals surface area contributed by atoms with Crippen LogP contribution in [0.15, 0.2) is 42.5 Å². The third kappa shape index (κ3) is 4.85. The normalized spacial score (nSPS) is 11.2. The van der Waals surface area contributed by atoms with Gasteiger partial charge in [0, 0.05) is 12.1 Å². The fourth-order valence-electron chi connectivity index (χ4n) is 3.00. The molecule has 0 fully saturated rings. The van der Waals surface area contributed by atoms with E-state index in [9.17, 15) is 32.0 Å². The highest BCUT2D eigenvalue weighted by molar-refractivity contribution is 5.94. The van der Waals surface area contributed by atoms with Crippen molar-refractivity contribution in [2.75, 3.05) is 12.3 Å². The van der Waals surface area contributed by atoms with Crippen molar-refractivity contribution in [3.63, 3.8) is 0 Å². The van der Waals surface area contributed by atoms with Gasteiger partial charge < -0.3 is 11.1 Å². The molecule has 0 radical (unpaired) electrons. The average molecular weight is 449 g/mol. The van der Waals surface area contributed by atoms with Crippen molar-refractivity contribution in [3.8, 4) is 11.8 Å². The summed E-state index contributed by atoms with van der Waals surface area (Å²) in [5.41, 5.74) is 5.05. The number of nitrogens with two attached hydrogens (primary N) is 1. The number of nitrogen functional groups attached to an aromatic ring is 1. The molecule has 3 aromatic rings. The first-order chi connectivity index (χ1) is 15.1. The second-order valence-electron chi connectivity index (χ2n) is 6.76. The lowest BCUT2D eigenvalue weighted by molar-refractivity contribution is -0.140. The first-order valence-corrected chi connectivity index (χ1v) is 9.30. The first-order valence-electron chi connectivity index (χ1n) is 9.30. The second kappa shape index (κ2) is 9.05. The van der Waals surface area contributed by atoms with Gasteiger partial charge in [-0.15, -0.1) is 0 Å². The number of aromatic nitrogens is 2. The molecule has 0 saturated heterocycles. The molecule has 3 N–H and O–H groups in total. The number of alkyl halides is 3.